The molecule has 5 heteroatoms. The molecule has 0 aliphatic carbocycles. The molecule has 0 saturated carbocycles. The Morgan fingerprint density at radius 2 is 2.00 bits per heavy atom. The van der Waals surface area contributed by atoms with Crippen LogP contribution in [0, 0.1) is 0 Å². The molecule has 0 fully saturated rings. The number of aromatic nitrogens is 1. The maximum atomic E-state index is 6.02. The zero-order valence-electron chi connectivity index (χ0n) is 10.6. The van der Waals surface area contributed by atoms with Gasteiger partial charge in [-0.2, -0.15) is 4.99 Å². The summed E-state index contributed by atoms with van der Waals surface area (Å²) in [6, 6.07) is 11.1. The zero-order valence-corrected chi connectivity index (χ0v) is 12.1. The van der Waals surface area contributed by atoms with E-state index >= 15 is 0 Å². The number of fused-ring (bicyclic) bond motifs is 2. The van der Waals surface area contributed by atoms with E-state index in [1.165, 1.54) is 0 Å². The number of pyridine rings is 1. The van der Waals surface area contributed by atoms with E-state index in [1.54, 1.807) is 13.2 Å². The third-order valence-electron chi connectivity index (χ3n) is 3.07. The first kappa shape index (κ1) is 13.0. The first-order valence-electron chi connectivity index (χ1n) is 5.88. The quantitative estimate of drug-likeness (QED) is 0.388. The summed E-state index contributed by atoms with van der Waals surface area (Å²) in [4.78, 5) is 8.79. The van der Waals surface area contributed by atoms with Gasteiger partial charge >= 0.3 is 0 Å². The van der Waals surface area contributed by atoms with E-state index in [-0.39, 0.29) is 0 Å². The lowest BCUT2D eigenvalue weighted by atomic mass is 10.1. The van der Waals surface area contributed by atoms with E-state index in [0.717, 1.165) is 33.2 Å². The van der Waals surface area contributed by atoms with Crippen molar-refractivity contribution in [1.82, 2.24) is 4.98 Å². The fourth-order valence-corrected chi connectivity index (χ4v) is 2.43. The largest absolute Gasteiger partial charge is 0.497 e. The molecule has 0 N–H and O–H groups in total. The number of hydrogen-bond donors (Lipinski definition) is 0. The molecular formula is C15H9ClN2OS. The minimum absolute atomic E-state index is 0.634. The third kappa shape index (κ3) is 2.14. The molecule has 1 aromatic heterocycles. The second-order valence-corrected chi connectivity index (χ2v) is 4.83. The second-order valence-electron chi connectivity index (χ2n) is 4.21. The molecule has 1 heterocycles. The number of aliphatic imine (C=N–C) groups is 1. The highest BCUT2D eigenvalue weighted by atomic mass is 35.5. The summed E-state index contributed by atoms with van der Waals surface area (Å²) >= 11 is 10.8. The number of thiocarbonyl (C=S) groups is 1. The molecule has 0 radical (unpaired) electrons. The molecule has 3 aromatic rings. The Balaban J connectivity index is 2.51. The van der Waals surface area contributed by atoms with E-state index in [2.05, 4.69) is 15.1 Å². The number of halogens is 1. The Labute approximate surface area is 125 Å². The van der Waals surface area contributed by atoms with Crippen LogP contribution >= 0.6 is 23.8 Å². The fraction of sp³-hybridized carbons (Fsp3) is 0.0667. The summed E-state index contributed by atoms with van der Waals surface area (Å²) in [6.45, 7) is 0. The molecule has 0 bridgehead atoms. The molecule has 2 aromatic carbocycles. The van der Waals surface area contributed by atoms with Gasteiger partial charge in [0, 0.05) is 15.8 Å². The molecule has 0 spiro atoms. The van der Waals surface area contributed by atoms with E-state index in [0.29, 0.717) is 5.02 Å². The van der Waals surface area contributed by atoms with Crippen molar-refractivity contribution < 1.29 is 4.74 Å². The molecule has 0 aliphatic rings. The lowest BCUT2D eigenvalue weighted by Gasteiger charge is -2.08. The van der Waals surface area contributed by atoms with Crippen LogP contribution in [0.25, 0.3) is 21.8 Å². The summed E-state index contributed by atoms with van der Waals surface area (Å²) < 4.78 is 5.25. The van der Waals surface area contributed by atoms with Gasteiger partial charge in [0.2, 0.25) is 0 Å². The van der Waals surface area contributed by atoms with Gasteiger partial charge in [-0.05, 0) is 48.6 Å². The van der Waals surface area contributed by atoms with Crippen LogP contribution in [0.3, 0.4) is 0 Å². The molecule has 0 saturated heterocycles. The minimum atomic E-state index is 0.634. The van der Waals surface area contributed by atoms with Crippen molar-refractivity contribution >= 4 is 56.5 Å². The van der Waals surface area contributed by atoms with E-state index < -0.39 is 0 Å². The Bertz CT molecular complexity index is 873. The summed E-state index contributed by atoms with van der Waals surface area (Å²) in [5.41, 5.74) is 2.32. The number of methoxy groups -OCH3 is 1. The highest BCUT2D eigenvalue weighted by Gasteiger charge is 2.10. The predicted octanol–water partition coefficient (Wildman–Crippen LogP) is 4.78. The van der Waals surface area contributed by atoms with Crippen molar-refractivity contribution in [3.8, 4) is 5.75 Å². The maximum Gasteiger partial charge on any atom is 0.119 e. The highest BCUT2D eigenvalue weighted by Crippen LogP contribution is 2.35. The summed E-state index contributed by atoms with van der Waals surface area (Å²) in [5.74, 6) is 0.744. The van der Waals surface area contributed by atoms with Crippen molar-refractivity contribution in [1.29, 1.82) is 0 Å². The smallest absolute Gasteiger partial charge is 0.119 e. The average molecular weight is 301 g/mol. The van der Waals surface area contributed by atoms with Crippen LogP contribution in [0.4, 0.5) is 5.69 Å². The number of ether oxygens (including phenoxy) is 1. The van der Waals surface area contributed by atoms with Crippen molar-refractivity contribution in [2.45, 2.75) is 0 Å². The van der Waals surface area contributed by atoms with Crippen molar-refractivity contribution in [3.63, 3.8) is 0 Å². The Morgan fingerprint density at radius 3 is 2.75 bits per heavy atom. The fourth-order valence-electron chi connectivity index (χ4n) is 2.17. The molecule has 0 unspecified atom stereocenters. The number of rotatable bonds is 2. The number of benzene rings is 2. The van der Waals surface area contributed by atoms with E-state index in [4.69, 9.17) is 28.6 Å². The molecule has 0 atom stereocenters. The summed E-state index contributed by atoms with van der Waals surface area (Å²) in [6.07, 6.45) is 0. The SMILES string of the molecule is COc1ccc2nc3cc(Cl)ccc3c(N=C=S)c2c1. The van der Waals surface area contributed by atoms with Gasteiger partial charge in [-0.1, -0.05) is 11.6 Å². The normalized spacial score (nSPS) is 10.5. The lowest BCUT2D eigenvalue weighted by Crippen LogP contribution is -1.87. The van der Waals surface area contributed by atoms with Crippen LogP contribution in [0.1, 0.15) is 0 Å². The zero-order chi connectivity index (χ0) is 14.1. The minimum Gasteiger partial charge on any atom is -0.497 e. The number of nitrogens with zero attached hydrogens (tertiary/aromatic N) is 2. The molecular weight excluding hydrogens is 292 g/mol. The standard InChI is InChI=1S/C15H9ClN2OS/c1-19-10-3-5-13-12(7-10)15(17-8-20)11-4-2-9(16)6-14(11)18-13/h2-7H,1H3. The predicted molar refractivity (Wildman–Crippen MR) is 85.5 cm³/mol. The van der Waals surface area contributed by atoms with Crippen LogP contribution < -0.4 is 4.74 Å². The average Bonchev–Trinajstić information content (AvgIpc) is 2.46. The van der Waals surface area contributed by atoms with Gasteiger partial charge in [0.1, 0.15) is 5.75 Å². The van der Waals surface area contributed by atoms with Gasteiger partial charge in [-0.3, -0.25) is 0 Å². The van der Waals surface area contributed by atoms with E-state index in [9.17, 15) is 0 Å². The van der Waals surface area contributed by atoms with Crippen molar-refractivity contribution in [3.05, 3.63) is 41.4 Å². The van der Waals surface area contributed by atoms with Gasteiger partial charge in [0.05, 0.1) is 29.0 Å². The first-order chi connectivity index (χ1) is 9.72. The number of isothiocyanates is 1. The van der Waals surface area contributed by atoms with Crippen LogP contribution in [-0.4, -0.2) is 17.3 Å². The van der Waals surface area contributed by atoms with Gasteiger partial charge in [-0.15, -0.1) is 0 Å². The second kappa shape index (κ2) is 5.17. The first-order valence-corrected chi connectivity index (χ1v) is 6.66. The molecule has 0 amide bonds. The molecule has 0 aliphatic heterocycles. The van der Waals surface area contributed by atoms with Crippen molar-refractivity contribution in [2.24, 2.45) is 4.99 Å². The van der Waals surface area contributed by atoms with Crippen LogP contribution in [0.15, 0.2) is 41.4 Å². The third-order valence-corrected chi connectivity index (χ3v) is 3.40. The molecule has 98 valence electrons. The molecule has 3 nitrogen and oxygen atoms in total. The highest BCUT2D eigenvalue weighted by molar-refractivity contribution is 7.78. The van der Waals surface area contributed by atoms with Crippen LogP contribution in [0.5, 0.6) is 5.75 Å². The van der Waals surface area contributed by atoms with Gasteiger partial charge in [0.25, 0.3) is 0 Å². The number of hydrogen-bond acceptors (Lipinski definition) is 4. The van der Waals surface area contributed by atoms with Gasteiger partial charge < -0.3 is 4.74 Å². The maximum absolute atomic E-state index is 6.02. The Kier molecular flexibility index (Phi) is 3.36. The summed E-state index contributed by atoms with van der Waals surface area (Å²) in [7, 11) is 1.62. The van der Waals surface area contributed by atoms with E-state index in [1.807, 2.05) is 30.3 Å². The Hall–Kier alpha value is -2.00. The summed E-state index contributed by atoms with van der Waals surface area (Å²) in [5, 5.41) is 4.82. The Morgan fingerprint density at radius 1 is 1.15 bits per heavy atom. The molecule has 20 heavy (non-hydrogen) atoms. The van der Waals surface area contributed by atoms with Gasteiger partial charge in [0.15, 0.2) is 0 Å². The van der Waals surface area contributed by atoms with Crippen LogP contribution in [0.2, 0.25) is 5.02 Å². The van der Waals surface area contributed by atoms with Crippen LogP contribution in [-0.2, 0) is 0 Å². The molecule has 3 rings (SSSR count). The lowest BCUT2D eigenvalue weighted by molar-refractivity contribution is 0.415. The van der Waals surface area contributed by atoms with Gasteiger partial charge in [-0.25, -0.2) is 4.98 Å². The topological polar surface area (TPSA) is 34.5 Å². The van der Waals surface area contributed by atoms with Crippen molar-refractivity contribution in [2.75, 3.05) is 7.11 Å². The monoisotopic (exact) mass is 300 g/mol.